The fourth-order valence-electron chi connectivity index (χ4n) is 2.57. The lowest BCUT2D eigenvalue weighted by Crippen LogP contribution is -2.32. The Kier molecular flexibility index (Phi) is 5.60. The molecule has 3 aromatic heterocycles. The number of anilines is 1. The standard InChI is InChI=1S/C19H20N6O3/c1-11(23-19(26)18-24-13-8-5-9-21-17(13)25-18)6-4-7-12-10-22-16(20)15(28-3)14(12)27-2/h5,8-11H,6H2,1-3H3,(H2,20,22)(H,23,26)(H,21,24,25)/t11-/m0/s1. The summed E-state index contributed by atoms with van der Waals surface area (Å²) in [5, 5.41) is 2.85. The lowest BCUT2D eigenvalue weighted by molar-refractivity contribution is 0.0931. The van der Waals surface area contributed by atoms with Crippen molar-refractivity contribution in [2.75, 3.05) is 20.0 Å². The first-order valence-corrected chi connectivity index (χ1v) is 8.50. The molecule has 3 heterocycles. The molecule has 0 bridgehead atoms. The number of carbonyl (C=O) groups is 1. The van der Waals surface area contributed by atoms with Crippen molar-refractivity contribution in [3.05, 3.63) is 35.9 Å². The second-order valence-electron chi connectivity index (χ2n) is 5.96. The quantitative estimate of drug-likeness (QED) is 0.572. The summed E-state index contributed by atoms with van der Waals surface area (Å²) in [6.07, 6.45) is 3.56. The van der Waals surface area contributed by atoms with Gasteiger partial charge in [0.15, 0.2) is 23.0 Å². The van der Waals surface area contributed by atoms with Gasteiger partial charge in [-0.05, 0) is 19.1 Å². The minimum Gasteiger partial charge on any atom is -0.491 e. The molecule has 0 unspecified atom stereocenters. The van der Waals surface area contributed by atoms with E-state index in [0.29, 0.717) is 34.6 Å². The van der Waals surface area contributed by atoms with Crippen LogP contribution in [-0.2, 0) is 0 Å². The molecule has 0 saturated heterocycles. The molecule has 0 radical (unpaired) electrons. The minimum atomic E-state index is -0.319. The molecule has 4 N–H and O–H groups in total. The minimum absolute atomic E-state index is 0.198. The van der Waals surface area contributed by atoms with Crippen LogP contribution in [0.15, 0.2) is 24.5 Å². The van der Waals surface area contributed by atoms with Crippen LogP contribution in [0.2, 0.25) is 0 Å². The number of fused-ring (bicyclic) bond motifs is 1. The molecule has 0 fully saturated rings. The number of nitrogens with zero attached hydrogens (tertiary/aromatic N) is 3. The number of H-pyrrole nitrogens is 1. The summed E-state index contributed by atoms with van der Waals surface area (Å²) >= 11 is 0. The summed E-state index contributed by atoms with van der Waals surface area (Å²) < 4.78 is 10.5. The van der Waals surface area contributed by atoms with Gasteiger partial charge in [0.2, 0.25) is 5.75 Å². The second-order valence-corrected chi connectivity index (χ2v) is 5.96. The van der Waals surface area contributed by atoms with E-state index in [1.54, 1.807) is 12.3 Å². The molecule has 3 rings (SSSR count). The van der Waals surface area contributed by atoms with Crippen LogP contribution in [0.25, 0.3) is 11.2 Å². The average Bonchev–Trinajstić information content (AvgIpc) is 3.13. The van der Waals surface area contributed by atoms with Crippen molar-refractivity contribution in [2.45, 2.75) is 19.4 Å². The third kappa shape index (κ3) is 3.96. The average molecular weight is 380 g/mol. The van der Waals surface area contributed by atoms with Crippen LogP contribution in [0.5, 0.6) is 11.5 Å². The molecule has 3 aromatic rings. The predicted molar refractivity (Wildman–Crippen MR) is 104 cm³/mol. The topological polar surface area (TPSA) is 128 Å². The van der Waals surface area contributed by atoms with Gasteiger partial charge in [0.1, 0.15) is 0 Å². The molecule has 1 atom stereocenters. The molecule has 0 saturated carbocycles. The van der Waals surface area contributed by atoms with Gasteiger partial charge in [0.05, 0.1) is 25.3 Å². The first kappa shape index (κ1) is 19.0. The number of ether oxygens (including phenoxy) is 2. The van der Waals surface area contributed by atoms with Crippen molar-refractivity contribution in [3.63, 3.8) is 0 Å². The Labute approximate surface area is 161 Å². The van der Waals surface area contributed by atoms with Gasteiger partial charge in [0.25, 0.3) is 5.91 Å². The number of pyridine rings is 2. The summed E-state index contributed by atoms with van der Waals surface area (Å²) in [5.74, 6) is 6.87. The highest BCUT2D eigenvalue weighted by atomic mass is 16.5. The number of hydrogen-bond acceptors (Lipinski definition) is 7. The van der Waals surface area contributed by atoms with E-state index in [2.05, 4.69) is 37.1 Å². The van der Waals surface area contributed by atoms with Gasteiger partial charge in [-0.1, -0.05) is 11.8 Å². The van der Waals surface area contributed by atoms with E-state index in [1.807, 2.05) is 13.0 Å². The Balaban J connectivity index is 1.66. The summed E-state index contributed by atoms with van der Waals surface area (Å²) in [5.41, 5.74) is 7.52. The number of methoxy groups -OCH3 is 2. The number of amides is 1. The van der Waals surface area contributed by atoms with E-state index >= 15 is 0 Å². The fourth-order valence-corrected chi connectivity index (χ4v) is 2.57. The molecule has 0 aliphatic rings. The number of nitrogen functional groups attached to an aromatic ring is 1. The predicted octanol–water partition coefficient (Wildman–Crippen LogP) is 1.51. The van der Waals surface area contributed by atoms with Gasteiger partial charge >= 0.3 is 0 Å². The largest absolute Gasteiger partial charge is 0.491 e. The maximum atomic E-state index is 12.3. The molecular formula is C19H20N6O3. The molecule has 144 valence electrons. The van der Waals surface area contributed by atoms with Crippen LogP contribution >= 0.6 is 0 Å². The smallest absolute Gasteiger partial charge is 0.287 e. The maximum Gasteiger partial charge on any atom is 0.287 e. The van der Waals surface area contributed by atoms with Crippen LogP contribution < -0.4 is 20.5 Å². The lowest BCUT2D eigenvalue weighted by Gasteiger charge is -2.11. The van der Waals surface area contributed by atoms with Gasteiger partial charge in [-0.3, -0.25) is 4.79 Å². The summed E-state index contributed by atoms with van der Waals surface area (Å²) in [6, 6.07) is 3.38. The van der Waals surface area contributed by atoms with Crippen LogP contribution in [0, 0.1) is 11.8 Å². The Morgan fingerprint density at radius 3 is 2.82 bits per heavy atom. The van der Waals surface area contributed by atoms with E-state index in [1.165, 1.54) is 20.4 Å². The normalized spacial score (nSPS) is 11.4. The van der Waals surface area contributed by atoms with Crippen molar-refractivity contribution in [2.24, 2.45) is 0 Å². The zero-order valence-corrected chi connectivity index (χ0v) is 15.7. The number of nitrogens with two attached hydrogens (primary N) is 1. The van der Waals surface area contributed by atoms with Gasteiger partial charge in [-0.2, -0.15) is 0 Å². The number of aromatic nitrogens is 4. The highest BCUT2D eigenvalue weighted by molar-refractivity contribution is 5.93. The number of rotatable bonds is 5. The lowest BCUT2D eigenvalue weighted by atomic mass is 10.2. The Morgan fingerprint density at radius 1 is 1.32 bits per heavy atom. The number of imidazole rings is 1. The Bertz CT molecular complexity index is 1030. The molecule has 0 aliphatic carbocycles. The molecule has 0 spiro atoms. The van der Waals surface area contributed by atoms with Crippen LogP contribution in [0.3, 0.4) is 0 Å². The van der Waals surface area contributed by atoms with Crippen molar-refractivity contribution >= 4 is 22.9 Å². The Morgan fingerprint density at radius 2 is 2.11 bits per heavy atom. The van der Waals surface area contributed by atoms with Crippen molar-refractivity contribution in [1.29, 1.82) is 0 Å². The highest BCUT2D eigenvalue weighted by Crippen LogP contribution is 2.34. The summed E-state index contributed by atoms with van der Waals surface area (Å²) in [7, 11) is 2.99. The molecule has 0 aliphatic heterocycles. The van der Waals surface area contributed by atoms with Gasteiger partial charge in [0, 0.05) is 24.9 Å². The number of nitrogens with one attached hydrogen (secondary N) is 2. The zero-order valence-electron chi connectivity index (χ0n) is 15.7. The molecule has 9 heteroatoms. The number of carbonyl (C=O) groups excluding carboxylic acids is 1. The SMILES string of the molecule is COc1c(C#CC[C@H](C)NC(=O)c2nc3ncccc3[nH]2)cnc(N)c1OC. The third-order valence-electron chi connectivity index (χ3n) is 3.91. The van der Waals surface area contributed by atoms with Crippen LogP contribution in [-0.4, -0.2) is 46.1 Å². The summed E-state index contributed by atoms with van der Waals surface area (Å²) in [6.45, 7) is 1.85. The molecular weight excluding hydrogens is 360 g/mol. The van der Waals surface area contributed by atoms with E-state index in [9.17, 15) is 4.79 Å². The first-order valence-electron chi connectivity index (χ1n) is 8.50. The number of aromatic amines is 1. The van der Waals surface area contributed by atoms with Gasteiger partial charge in [-0.15, -0.1) is 0 Å². The molecule has 28 heavy (non-hydrogen) atoms. The van der Waals surface area contributed by atoms with Crippen molar-refractivity contribution in [1.82, 2.24) is 25.3 Å². The van der Waals surface area contributed by atoms with Crippen LogP contribution in [0.4, 0.5) is 5.82 Å². The first-order chi connectivity index (χ1) is 13.5. The van der Waals surface area contributed by atoms with Crippen molar-refractivity contribution in [3.8, 4) is 23.3 Å². The molecule has 1 amide bonds. The van der Waals surface area contributed by atoms with E-state index < -0.39 is 0 Å². The fraction of sp³-hybridized carbons (Fsp3) is 0.263. The zero-order chi connectivity index (χ0) is 20.1. The second kappa shape index (κ2) is 8.26. The third-order valence-corrected chi connectivity index (χ3v) is 3.91. The molecule has 0 aromatic carbocycles. The highest BCUT2D eigenvalue weighted by Gasteiger charge is 2.15. The monoisotopic (exact) mass is 380 g/mol. The van der Waals surface area contributed by atoms with E-state index in [-0.39, 0.29) is 23.6 Å². The van der Waals surface area contributed by atoms with Gasteiger partial charge < -0.3 is 25.5 Å². The Hall–Kier alpha value is -3.80. The summed E-state index contributed by atoms with van der Waals surface area (Å²) in [4.78, 5) is 27.6. The van der Waals surface area contributed by atoms with Crippen molar-refractivity contribution < 1.29 is 14.3 Å². The van der Waals surface area contributed by atoms with Gasteiger partial charge in [-0.25, -0.2) is 15.0 Å². The molecule has 9 nitrogen and oxygen atoms in total. The van der Waals surface area contributed by atoms with Crippen LogP contribution in [0.1, 0.15) is 29.5 Å². The maximum absolute atomic E-state index is 12.3. The van der Waals surface area contributed by atoms with E-state index in [0.717, 1.165) is 0 Å². The van der Waals surface area contributed by atoms with E-state index in [4.69, 9.17) is 15.2 Å². The number of hydrogen-bond donors (Lipinski definition) is 3.